The third-order valence-electron chi connectivity index (χ3n) is 4.71. The Morgan fingerprint density at radius 2 is 1.89 bits per heavy atom. The largest absolute Gasteiger partial charge is 0.354 e. The van der Waals surface area contributed by atoms with E-state index in [0.29, 0.717) is 25.7 Å². The molecule has 1 spiro atoms. The molecule has 1 heterocycles. The Morgan fingerprint density at radius 3 is 2.48 bits per heavy atom. The highest BCUT2D eigenvalue weighted by Crippen LogP contribution is 2.36. The van der Waals surface area contributed by atoms with E-state index in [-0.39, 0.29) is 48.3 Å². The van der Waals surface area contributed by atoms with E-state index in [1.54, 1.807) is 14.1 Å². The molecule has 0 radical (unpaired) electrons. The molecule has 2 rings (SSSR count). The van der Waals surface area contributed by atoms with E-state index < -0.39 is 0 Å². The van der Waals surface area contributed by atoms with Crippen molar-refractivity contribution in [2.75, 3.05) is 40.3 Å². The standard InChI is InChI=1S/C19H34N4O3.HI/c1-15(2)11-20-18(22-13-17(24)23(3)4)21-12-16-14-25-19(26-16)9-7-5-6-8-10-19;/h16H,1,5-14H2,2-4H3,(H2,20,21,22);1H. The van der Waals surface area contributed by atoms with Crippen LogP contribution < -0.4 is 10.6 Å². The van der Waals surface area contributed by atoms with Gasteiger partial charge in [-0.2, -0.15) is 0 Å². The molecular weight excluding hydrogens is 459 g/mol. The summed E-state index contributed by atoms with van der Waals surface area (Å²) >= 11 is 0. The van der Waals surface area contributed by atoms with Crippen molar-refractivity contribution in [1.29, 1.82) is 0 Å². The minimum atomic E-state index is -0.383. The number of ether oxygens (including phenoxy) is 2. The molecule has 1 aliphatic heterocycles. The van der Waals surface area contributed by atoms with E-state index >= 15 is 0 Å². The van der Waals surface area contributed by atoms with Crippen molar-refractivity contribution >= 4 is 35.8 Å². The van der Waals surface area contributed by atoms with Crippen LogP contribution in [0.5, 0.6) is 0 Å². The van der Waals surface area contributed by atoms with Crippen LogP contribution in [0.3, 0.4) is 0 Å². The number of likely N-dealkylation sites (N-methyl/N-ethyl adjacent to an activating group) is 1. The first kappa shape index (κ1) is 24.2. The van der Waals surface area contributed by atoms with Crippen molar-refractivity contribution < 1.29 is 14.3 Å². The Hall–Kier alpha value is -0.870. The topological polar surface area (TPSA) is 75.2 Å². The molecule has 7 nitrogen and oxygen atoms in total. The quantitative estimate of drug-likeness (QED) is 0.257. The lowest BCUT2D eigenvalue weighted by molar-refractivity contribution is -0.175. The van der Waals surface area contributed by atoms with Gasteiger partial charge in [-0.1, -0.05) is 25.0 Å². The Morgan fingerprint density at radius 1 is 1.22 bits per heavy atom. The molecule has 27 heavy (non-hydrogen) atoms. The fourth-order valence-electron chi connectivity index (χ4n) is 3.15. The summed E-state index contributed by atoms with van der Waals surface area (Å²) in [5.74, 6) is 0.166. The second kappa shape index (κ2) is 11.9. The Labute approximate surface area is 180 Å². The van der Waals surface area contributed by atoms with Gasteiger partial charge in [-0.3, -0.25) is 4.79 Å². The summed E-state index contributed by atoms with van der Waals surface area (Å²) in [7, 11) is 3.45. The van der Waals surface area contributed by atoms with Gasteiger partial charge in [-0.15, -0.1) is 24.0 Å². The van der Waals surface area contributed by atoms with Gasteiger partial charge < -0.3 is 25.0 Å². The average Bonchev–Trinajstić information content (AvgIpc) is 2.84. The van der Waals surface area contributed by atoms with Crippen molar-refractivity contribution in [3.8, 4) is 0 Å². The van der Waals surface area contributed by atoms with Crippen molar-refractivity contribution in [3.63, 3.8) is 0 Å². The first-order chi connectivity index (χ1) is 12.4. The molecule has 0 aromatic carbocycles. The summed E-state index contributed by atoms with van der Waals surface area (Å²) in [5.41, 5.74) is 0.997. The second-order valence-corrected chi connectivity index (χ2v) is 7.52. The van der Waals surface area contributed by atoms with Crippen molar-refractivity contribution in [1.82, 2.24) is 15.5 Å². The summed E-state index contributed by atoms with van der Waals surface area (Å²) in [4.78, 5) is 17.7. The molecule has 1 saturated carbocycles. The third kappa shape index (κ3) is 8.35. The highest BCUT2D eigenvalue weighted by atomic mass is 127. The maximum Gasteiger partial charge on any atom is 0.243 e. The SMILES string of the molecule is C=C(C)CNC(=NCC(=O)N(C)C)NCC1COC2(CCCCCC2)O1.I. The Balaban J connectivity index is 0.00000364. The van der Waals surface area contributed by atoms with Crippen molar-refractivity contribution in [2.24, 2.45) is 4.99 Å². The minimum Gasteiger partial charge on any atom is -0.354 e. The molecule has 1 atom stereocenters. The number of rotatable bonds is 6. The molecule has 8 heteroatoms. The second-order valence-electron chi connectivity index (χ2n) is 7.52. The van der Waals surface area contributed by atoms with Gasteiger partial charge in [0.15, 0.2) is 11.7 Å². The zero-order valence-corrected chi connectivity index (χ0v) is 19.2. The minimum absolute atomic E-state index is 0. The van der Waals surface area contributed by atoms with Crippen LogP contribution in [0.15, 0.2) is 17.1 Å². The molecule has 1 unspecified atom stereocenters. The summed E-state index contributed by atoms with van der Waals surface area (Å²) in [6.45, 7) is 7.73. The lowest BCUT2D eigenvalue weighted by Crippen LogP contribution is -2.43. The highest BCUT2D eigenvalue weighted by Gasteiger charge is 2.41. The van der Waals surface area contributed by atoms with Crippen molar-refractivity contribution in [2.45, 2.75) is 57.3 Å². The predicted octanol–water partition coefficient (Wildman–Crippen LogP) is 2.27. The van der Waals surface area contributed by atoms with Crippen LogP contribution in [0.4, 0.5) is 0 Å². The van der Waals surface area contributed by atoms with E-state index in [0.717, 1.165) is 18.4 Å². The van der Waals surface area contributed by atoms with Gasteiger partial charge in [-0.25, -0.2) is 4.99 Å². The number of hydrogen-bond donors (Lipinski definition) is 2. The zero-order valence-electron chi connectivity index (χ0n) is 16.9. The van der Waals surface area contributed by atoms with Crippen LogP contribution in [0.25, 0.3) is 0 Å². The van der Waals surface area contributed by atoms with Gasteiger partial charge in [0.05, 0.1) is 6.61 Å². The van der Waals surface area contributed by atoms with Gasteiger partial charge in [0.25, 0.3) is 0 Å². The molecule has 2 aliphatic rings. The Kier molecular flexibility index (Phi) is 10.6. The van der Waals surface area contributed by atoms with Gasteiger partial charge >= 0.3 is 0 Å². The lowest BCUT2D eigenvalue weighted by Gasteiger charge is -2.26. The summed E-state index contributed by atoms with van der Waals surface area (Å²) < 4.78 is 12.3. The van der Waals surface area contributed by atoms with Crippen LogP contribution in [-0.2, 0) is 14.3 Å². The van der Waals surface area contributed by atoms with E-state index in [9.17, 15) is 4.79 Å². The van der Waals surface area contributed by atoms with Crippen LogP contribution in [0.2, 0.25) is 0 Å². The van der Waals surface area contributed by atoms with Crippen LogP contribution in [0.1, 0.15) is 45.4 Å². The number of hydrogen-bond acceptors (Lipinski definition) is 4. The fourth-order valence-corrected chi connectivity index (χ4v) is 3.15. The number of amides is 1. The first-order valence-electron chi connectivity index (χ1n) is 9.59. The smallest absolute Gasteiger partial charge is 0.243 e. The van der Waals surface area contributed by atoms with Gasteiger partial charge in [-0.05, 0) is 19.8 Å². The van der Waals surface area contributed by atoms with Crippen LogP contribution in [0, 0.1) is 0 Å². The molecule has 0 aromatic rings. The number of guanidine groups is 1. The van der Waals surface area contributed by atoms with Gasteiger partial charge in [0.2, 0.25) is 5.91 Å². The number of nitrogens with zero attached hydrogens (tertiary/aromatic N) is 2. The molecule has 0 bridgehead atoms. The number of halogens is 1. The van der Waals surface area contributed by atoms with E-state index in [1.165, 1.54) is 30.6 Å². The zero-order chi connectivity index (χ0) is 19.0. The number of carbonyl (C=O) groups is 1. The monoisotopic (exact) mass is 494 g/mol. The molecule has 1 aliphatic carbocycles. The summed E-state index contributed by atoms with van der Waals surface area (Å²) in [6, 6.07) is 0. The summed E-state index contributed by atoms with van der Waals surface area (Å²) in [6.07, 6.45) is 6.82. The van der Waals surface area contributed by atoms with E-state index in [4.69, 9.17) is 9.47 Å². The first-order valence-corrected chi connectivity index (χ1v) is 9.59. The predicted molar refractivity (Wildman–Crippen MR) is 118 cm³/mol. The molecule has 1 amide bonds. The molecule has 0 aromatic heterocycles. The fraction of sp³-hybridized carbons (Fsp3) is 0.789. The van der Waals surface area contributed by atoms with E-state index in [1.807, 2.05) is 6.92 Å². The van der Waals surface area contributed by atoms with Crippen LogP contribution >= 0.6 is 24.0 Å². The van der Waals surface area contributed by atoms with Crippen molar-refractivity contribution in [3.05, 3.63) is 12.2 Å². The molecule has 2 N–H and O–H groups in total. The maximum atomic E-state index is 11.8. The van der Waals surface area contributed by atoms with E-state index in [2.05, 4.69) is 22.2 Å². The van der Waals surface area contributed by atoms with Gasteiger partial charge in [0.1, 0.15) is 12.6 Å². The average molecular weight is 494 g/mol. The molecule has 2 fully saturated rings. The summed E-state index contributed by atoms with van der Waals surface area (Å²) in [5, 5.41) is 6.46. The van der Waals surface area contributed by atoms with Gasteiger partial charge in [0, 0.05) is 40.0 Å². The third-order valence-corrected chi connectivity index (χ3v) is 4.71. The number of carbonyl (C=O) groups excluding carboxylic acids is 1. The highest BCUT2D eigenvalue weighted by molar-refractivity contribution is 14.0. The maximum absolute atomic E-state index is 11.8. The molecular formula is C19H35IN4O3. The number of aliphatic imine (C=N–C) groups is 1. The lowest BCUT2D eigenvalue weighted by atomic mass is 10.1. The van der Waals surface area contributed by atoms with Crippen LogP contribution in [-0.4, -0.2) is 69.0 Å². The normalized spacial score (nSPS) is 21.9. The molecule has 156 valence electrons. The number of nitrogens with one attached hydrogen (secondary N) is 2. The Bertz CT molecular complexity index is 517. The molecule has 1 saturated heterocycles.